The maximum Gasteiger partial charge on any atom is 0.419 e. The first-order valence-corrected chi connectivity index (χ1v) is 14.1. The van der Waals surface area contributed by atoms with E-state index in [2.05, 4.69) is 16.5 Å². The molecule has 2 aliphatic carbocycles. The van der Waals surface area contributed by atoms with E-state index in [9.17, 15) is 14.4 Å². The Bertz CT molecular complexity index is 955. The Morgan fingerprint density at radius 1 is 1.03 bits per heavy atom. The first-order valence-electron chi connectivity index (χ1n) is 14.1. The van der Waals surface area contributed by atoms with E-state index in [-0.39, 0.29) is 18.4 Å². The van der Waals surface area contributed by atoms with Gasteiger partial charge in [-0.3, -0.25) is 4.79 Å². The van der Waals surface area contributed by atoms with Crippen LogP contribution in [0, 0.1) is 11.8 Å². The highest BCUT2D eigenvalue weighted by atomic mass is 16.6. The second-order valence-corrected chi connectivity index (χ2v) is 13.0. The molecule has 0 bridgehead atoms. The van der Waals surface area contributed by atoms with Crippen molar-refractivity contribution in [1.29, 1.82) is 0 Å². The van der Waals surface area contributed by atoms with Crippen LogP contribution in [0.3, 0.4) is 0 Å². The molecule has 9 nitrogen and oxygen atoms in total. The van der Waals surface area contributed by atoms with E-state index in [1.165, 1.54) is 12.8 Å². The van der Waals surface area contributed by atoms with Crippen LogP contribution in [-0.2, 0) is 24.4 Å². The number of carbonyl (C=O) groups excluding carboxylic acids is 3. The van der Waals surface area contributed by atoms with Gasteiger partial charge in [-0.2, -0.15) is 0 Å². The van der Waals surface area contributed by atoms with Crippen molar-refractivity contribution in [2.75, 3.05) is 13.2 Å². The second kappa shape index (κ2) is 11.7. The number of nitrogens with zero attached hydrogens (tertiary/aromatic N) is 3. The molecule has 38 heavy (non-hydrogen) atoms. The van der Waals surface area contributed by atoms with Crippen LogP contribution < -0.4 is 0 Å². The van der Waals surface area contributed by atoms with Gasteiger partial charge in [0.1, 0.15) is 16.6 Å². The predicted molar refractivity (Wildman–Crippen MR) is 144 cm³/mol. The molecule has 0 aliphatic heterocycles. The Morgan fingerprint density at radius 2 is 1.61 bits per heavy atom. The number of rotatable bonds is 8. The molecule has 2 fully saturated rings. The molecule has 1 aromatic rings. The summed E-state index contributed by atoms with van der Waals surface area (Å²) in [4.78, 5) is 44.5. The molecule has 2 aliphatic rings. The van der Waals surface area contributed by atoms with Crippen molar-refractivity contribution in [1.82, 2.24) is 14.5 Å². The second-order valence-electron chi connectivity index (χ2n) is 13.0. The zero-order valence-electron chi connectivity index (χ0n) is 24.5. The molecule has 2 unspecified atom stereocenters. The standard InChI is InChI=1S/C29H47N3O6/c1-9-36-24(33)29(23-18-31(19-30-23)22-14-12-20(2)13-15-22)17-21(29)11-10-16-32(25(34)37-27(3,4)5)26(35)38-28(6,7)8/h18-22H,9-17H2,1-8H3/t20-,21?,22-,29?. The molecular formula is C29H47N3O6. The third kappa shape index (κ3) is 7.50. The van der Waals surface area contributed by atoms with Gasteiger partial charge in [0.25, 0.3) is 0 Å². The van der Waals surface area contributed by atoms with E-state index in [4.69, 9.17) is 14.2 Å². The van der Waals surface area contributed by atoms with Gasteiger partial charge in [-0.25, -0.2) is 19.5 Å². The smallest absolute Gasteiger partial charge is 0.419 e. The van der Waals surface area contributed by atoms with Gasteiger partial charge in [0.2, 0.25) is 0 Å². The van der Waals surface area contributed by atoms with E-state index < -0.39 is 28.8 Å². The minimum absolute atomic E-state index is 0.0235. The lowest BCUT2D eigenvalue weighted by Gasteiger charge is -2.28. The molecule has 2 saturated carbocycles. The Balaban J connectivity index is 1.69. The van der Waals surface area contributed by atoms with Crippen LogP contribution in [0.15, 0.2) is 12.5 Å². The van der Waals surface area contributed by atoms with Gasteiger partial charge in [-0.15, -0.1) is 0 Å². The van der Waals surface area contributed by atoms with Crippen molar-refractivity contribution in [2.24, 2.45) is 11.8 Å². The summed E-state index contributed by atoms with van der Waals surface area (Å²) >= 11 is 0. The third-order valence-corrected chi connectivity index (χ3v) is 7.37. The number of carbonyl (C=O) groups is 3. The van der Waals surface area contributed by atoms with Crippen LogP contribution in [0.25, 0.3) is 0 Å². The van der Waals surface area contributed by atoms with Gasteiger partial charge in [-0.05, 0) is 105 Å². The number of hydrogen-bond acceptors (Lipinski definition) is 7. The van der Waals surface area contributed by atoms with Crippen LogP contribution in [0.2, 0.25) is 0 Å². The van der Waals surface area contributed by atoms with E-state index in [0.717, 1.165) is 29.4 Å². The lowest BCUT2D eigenvalue weighted by Crippen LogP contribution is -2.44. The lowest BCUT2D eigenvalue weighted by atomic mass is 9.87. The molecule has 2 atom stereocenters. The number of esters is 1. The van der Waals surface area contributed by atoms with Crippen molar-refractivity contribution < 1.29 is 28.6 Å². The van der Waals surface area contributed by atoms with E-state index >= 15 is 0 Å². The molecule has 0 spiro atoms. The Hall–Kier alpha value is -2.58. The maximum absolute atomic E-state index is 13.2. The van der Waals surface area contributed by atoms with Crippen LogP contribution in [0.5, 0.6) is 0 Å². The first kappa shape index (κ1) is 30.0. The predicted octanol–water partition coefficient (Wildman–Crippen LogP) is 6.41. The Labute approximate surface area is 227 Å². The number of ether oxygens (including phenoxy) is 3. The summed E-state index contributed by atoms with van der Waals surface area (Å²) in [6.07, 6.45) is 8.86. The van der Waals surface area contributed by atoms with Crippen molar-refractivity contribution >= 4 is 18.2 Å². The highest BCUT2D eigenvalue weighted by Crippen LogP contribution is 2.57. The Morgan fingerprint density at radius 3 is 2.13 bits per heavy atom. The lowest BCUT2D eigenvalue weighted by molar-refractivity contribution is -0.146. The molecule has 1 aromatic heterocycles. The van der Waals surface area contributed by atoms with E-state index in [1.54, 1.807) is 41.5 Å². The highest BCUT2D eigenvalue weighted by Gasteiger charge is 2.63. The molecule has 214 valence electrons. The van der Waals surface area contributed by atoms with Gasteiger partial charge in [0, 0.05) is 18.8 Å². The number of aromatic nitrogens is 2. The SMILES string of the molecule is CCOC(=O)C1(c2cn([C@H]3CC[C@H](C)CC3)cn2)CC1CCCN(C(=O)OC(C)(C)C)C(=O)OC(C)(C)C. The van der Waals surface area contributed by atoms with E-state index in [0.29, 0.717) is 31.9 Å². The fraction of sp³-hybridized carbons (Fsp3) is 0.793. The summed E-state index contributed by atoms with van der Waals surface area (Å²) in [5.74, 6) is 0.535. The van der Waals surface area contributed by atoms with Gasteiger partial charge in [0.05, 0.1) is 18.6 Å². The van der Waals surface area contributed by atoms with E-state index in [1.807, 2.05) is 19.4 Å². The molecule has 2 amide bonds. The molecule has 0 radical (unpaired) electrons. The number of hydrogen-bond donors (Lipinski definition) is 0. The summed E-state index contributed by atoms with van der Waals surface area (Å²) in [6, 6.07) is 0.417. The fourth-order valence-corrected chi connectivity index (χ4v) is 5.30. The van der Waals surface area contributed by atoms with Gasteiger partial charge in [-0.1, -0.05) is 6.92 Å². The number of imide groups is 1. The summed E-state index contributed by atoms with van der Waals surface area (Å²) in [6.45, 7) is 15.1. The molecular weight excluding hydrogens is 486 g/mol. The van der Waals surface area contributed by atoms with Crippen molar-refractivity contribution in [2.45, 2.75) is 123 Å². The van der Waals surface area contributed by atoms with Crippen molar-refractivity contribution in [3.05, 3.63) is 18.2 Å². The molecule has 0 aromatic carbocycles. The van der Waals surface area contributed by atoms with Crippen LogP contribution in [-0.4, -0.2) is 57.0 Å². The molecule has 9 heteroatoms. The number of amides is 2. The summed E-state index contributed by atoms with van der Waals surface area (Å²) < 4.78 is 18.6. The molecule has 0 saturated heterocycles. The maximum atomic E-state index is 13.2. The third-order valence-electron chi connectivity index (χ3n) is 7.37. The summed E-state index contributed by atoms with van der Waals surface area (Å²) in [5.41, 5.74) is -1.51. The van der Waals surface area contributed by atoms with Gasteiger partial charge < -0.3 is 18.8 Å². The molecule has 0 N–H and O–H groups in total. The monoisotopic (exact) mass is 533 g/mol. The molecule has 1 heterocycles. The Kier molecular flexibility index (Phi) is 9.20. The highest BCUT2D eigenvalue weighted by molar-refractivity contribution is 5.88. The average molecular weight is 534 g/mol. The van der Waals surface area contributed by atoms with Crippen molar-refractivity contribution in [3.8, 4) is 0 Å². The average Bonchev–Trinajstić information content (AvgIpc) is 3.30. The van der Waals surface area contributed by atoms with Crippen LogP contribution in [0.4, 0.5) is 9.59 Å². The number of imidazole rings is 1. The fourth-order valence-electron chi connectivity index (χ4n) is 5.30. The largest absolute Gasteiger partial charge is 0.465 e. The zero-order chi connectivity index (χ0) is 28.3. The zero-order valence-corrected chi connectivity index (χ0v) is 24.5. The van der Waals surface area contributed by atoms with Crippen LogP contribution >= 0.6 is 0 Å². The summed E-state index contributed by atoms with van der Waals surface area (Å²) in [5, 5.41) is 0. The minimum atomic E-state index is -0.772. The van der Waals surface area contributed by atoms with Crippen molar-refractivity contribution in [3.63, 3.8) is 0 Å². The topological polar surface area (TPSA) is 100.0 Å². The van der Waals surface area contributed by atoms with Gasteiger partial charge in [0.15, 0.2) is 0 Å². The minimum Gasteiger partial charge on any atom is -0.465 e. The normalized spacial score (nSPS) is 25.4. The van der Waals surface area contributed by atoms with Gasteiger partial charge >= 0.3 is 18.2 Å². The molecule has 3 rings (SSSR count). The summed E-state index contributed by atoms with van der Waals surface area (Å²) in [7, 11) is 0. The quantitative estimate of drug-likeness (QED) is 0.281. The first-order chi connectivity index (χ1) is 17.7. The van der Waals surface area contributed by atoms with Crippen LogP contribution in [0.1, 0.15) is 112 Å².